The summed E-state index contributed by atoms with van der Waals surface area (Å²) in [5.41, 5.74) is 5.91. The lowest BCUT2D eigenvalue weighted by atomic mass is 9.79. The summed E-state index contributed by atoms with van der Waals surface area (Å²) in [7, 11) is 0. The van der Waals surface area contributed by atoms with E-state index in [1.54, 1.807) is 0 Å². The minimum atomic E-state index is 0.625. The Kier molecular flexibility index (Phi) is 5.48. The first-order valence-electron chi connectivity index (χ1n) is 10.5. The smallest absolute Gasteiger partial charge is 0.119 e. The normalized spacial score (nSPS) is 16.3. The quantitative estimate of drug-likeness (QED) is 0.468. The molecule has 0 bridgehead atoms. The molecule has 0 radical (unpaired) electrons. The lowest BCUT2D eigenvalue weighted by Crippen LogP contribution is -2.13. The summed E-state index contributed by atoms with van der Waals surface area (Å²) < 4.78 is 5.81. The Morgan fingerprint density at radius 1 is 0.852 bits per heavy atom. The van der Waals surface area contributed by atoms with Crippen LogP contribution in [0.3, 0.4) is 0 Å². The Morgan fingerprint density at radius 3 is 2.56 bits per heavy atom. The molecule has 1 unspecified atom stereocenters. The molecule has 140 valence electrons. The SMILES string of the molecule is CCCOc1ccc2c(c1)CCC(c1ccc3cc(CCC)ccc3c1)C2. The van der Waals surface area contributed by atoms with Crippen LogP contribution >= 0.6 is 0 Å². The van der Waals surface area contributed by atoms with Gasteiger partial charge in [0.1, 0.15) is 5.75 Å². The van der Waals surface area contributed by atoms with Gasteiger partial charge in [-0.25, -0.2) is 0 Å². The van der Waals surface area contributed by atoms with Gasteiger partial charge >= 0.3 is 0 Å². The Morgan fingerprint density at radius 2 is 1.70 bits per heavy atom. The summed E-state index contributed by atoms with van der Waals surface area (Å²) in [6, 6.07) is 20.7. The van der Waals surface area contributed by atoms with Crippen LogP contribution in [0.15, 0.2) is 54.6 Å². The molecule has 0 aliphatic heterocycles. The van der Waals surface area contributed by atoms with E-state index in [-0.39, 0.29) is 0 Å². The summed E-state index contributed by atoms with van der Waals surface area (Å²) in [4.78, 5) is 0. The molecule has 0 saturated carbocycles. The first-order valence-corrected chi connectivity index (χ1v) is 10.5. The molecule has 27 heavy (non-hydrogen) atoms. The molecular weight excluding hydrogens is 328 g/mol. The molecule has 0 amide bonds. The Bertz CT molecular complexity index is 925. The molecule has 0 saturated heterocycles. The summed E-state index contributed by atoms with van der Waals surface area (Å²) >= 11 is 0. The third-order valence-corrected chi connectivity index (χ3v) is 5.82. The number of aryl methyl sites for hydroxylation is 2. The molecule has 1 nitrogen and oxygen atoms in total. The van der Waals surface area contributed by atoms with Crippen LogP contribution in [-0.4, -0.2) is 6.61 Å². The van der Waals surface area contributed by atoms with Crippen LogP contribution < -0.4 is 4.74 Å². The van der Waals surface area contributed by atoms with Gasteiger partial charge in [0.15, 0.2) is 0 Å². The van der Waals surface area contributed by atoms with Gasteiger partial charge in [0.2, 0.25) is 0 Å². The molecule has 0 heterocycles. The van der Waals surface area contributed by atoms with E-state index < -0.39 is 0 Å². The predicted molar refractivity (Wildman–Crippen MR) is 115 cm³/mol. The largest absolute Gasteiger partial charge is 0.494 e. The van der Waals surface area contributed by atoms with Gasteiger partial charge in [-0.15, -0.1) is 0 Å². The zero-order valence-electron chi connectivity index (χ0n) is 16.6. The van der Waals surface area contributed by atoms with E-state index in [1.165, 1.54) is 52.3 Å². The molecule has 0 fully saturated rings. The number of hydrogen-bond acceptors (Lipinski definition) is 1. The molecular formula is C26H30O. The van der Waals surface area contributed by atoms with E-state index in [0.29, 0.717) is 5.92 Å². The third-order valence-electron chi connectivity index (χ3n) is 5.82. The number of benzene rings is 3. The third kappa shape index (κ3) is 4.03. The minimum absolute atomic E-state index is 0.625. The molecule has 1 atom stereocenters. The lowest BCUT2D eigenvalue weighted by Gasteiger charge is -2.26. The molecule has 0 N–H and O–H groups in total. The molecule has 3 aromatic rings. The Labute approximate surface area is 163 Å². The van der Waals surface area contributed by atoms with Crippen molar-refractivity contribution in [3.63, 3.8) is 0 Å². The van der Waals surface area contributed by atoms with Gasteiger partial charge in [0.05, 0.1) is 6.61 Å². The number of fused-ring (bicyclic) bond motifs is 2. The van der Waals surface area contributed by atoms with Crippen LogP contribution in [0.25, 0.3) is 10.8 Å². The highest BCUT2D eigenvalue weighted by Gasteiger charge is 2.21. The van der Waals surface area contributed by atoms with Crippen molar-refractivity contribution in [2.45, 2.75) is 58.3 Å². The summed E-state index contributed by atoms with van der Waals surface area (Å²) in [6.45, 7) is 5.20. The van der Waals surface area contributed by atoms with Crippen molar-refractivity contribution < 1.29 is 4.74 Å². The van der Waals surface area contributed by atoms with Crippen LogP contribution in [-0.2, 0) is 19.3 Å². The standard InChI is InChI=1S/C26H30O/c1-3-5-19-6-7-21-16-22(9-8-20(21)15-19)23-10-11-25-18-26(27-14-4-2)13-12-24(25)17-23/h6-9,12-13,15-16,18,23H,3-5,10-11,14,17H2,1-2H3. The van der Waals surface area contributed by atoms with E-state index >= 15 is 0 Å². The van der Waals surface area contributed by atoms with Crippen LogP contribution in [0.5, 0.6) is 5.75 Å². The predicted octanol–water partition coefficient (Wildman–Crippen LogP) is 6.85. The molecule has 3 aromatic carbocycles. The minimum Gasteiger partial charge on any atom is -0.494 e. The van der Waals surface area contributed by atoms with E-state index in [1.807, 2.05) is 0 Å². The van der Waals surface area contributed by atoms with Crippen molar-refractivity contribution in [2.75, 3.05) is 6.61 Å². The van der Waals surface area contributed by atoms with E-state index in [4.69, 9.17) is 4.74 Å². The van der Waals surface area contributed by atoms with Gasteiger partial charge in [-0.2, -0.15) is 0 Å². The highest BCUT2D eigenvalue weighted by Crippen LogP contribution is 2.35. The van der Waals surface area contributed by atoms with E-state index in [2.05, 4.69) is 68.4 Å². The van der Waals surface area contributed by atoms with Crippen LogP contribution in [0.4, 0.5) is 0 Å². The zero-order chi connectivity index (χ0) is 18.6. The van der Waals surface area contributed by atoms with Crippen molar-refractivity contribution in [3.8, 4) is 5.75 Å². The number of rotatable bonds is 6. The maximum Gasteiger partial charge on any atom is 0.119 e. The van der Waals surface area contributed by atoms with E-state index in [0.717, 1.165) is 31.6 Å². The molecule has 1 heteroatoms. The maximum atomic E-state index is 5.81. The van der Waals surface area contributed by atoms with Crippen molar-refractivity contribution in [2.24, 2.45) is 0 Å². The number of ether oxygens (including phenoxy) is 1. The monoisotopic (exact) mass is 358 g/mol. The lowest BCUT2D eigenvalue weighted by molar-refractivity contribution is 0.316. The fraction of sp³-hybridized carbons (Fsp3) is 0.385. The molecule has 0 aromatic heterocycles. The highest BCUT2D eigenvalue weighted by atomic mass is 16.5. The summed E-state index contributed by atoms with van der Waals surface area (Å²) in [5.74, 6) is 1.65. The molecule has 0 spiro atoms. The van der Waals surface area contributed by atoms with Crippen LogP contribution in [0, 0.1) is 0 Å². The van der Waals surface area contributed by atoms with Gasteiger partial charge < -0.3 is 4.74 Å². The van der Waals surface area contributed by atoms with Crippen LogP contribution in [0.1, 0.15) is 61.3 Å². The highest BCUT2D eigenvalue weighted by molar-refractivity contribution is 5.84. The molecule has 1 aliphatic rings. The van der Waals surface area contributed by atoms with Gasteiger partial charge in [-0.3, -0.25) is 0 Å². The second-order valence-corrected chi connectivity index (χ2v) is 7.91. The summed E-state index contributed by atoms with van der Waals surface area (Å²) in [6.07, 6.45) is 6.95. The zero-order valence-corrected chi connectivity index (χ0v) is 16.6. The Hall–Kier alpha value is -2.28. The van der Waals surface area contributed by atoms with Gasteiger partial charge in [-0.05, 0) is 83.2 Å². The average Bonchev–Trinajstić information content (AvgIpc) is 2.71. The summed E-state index contributed by atoms with van der Waals surface area (Å²) in [5, 5.41) is 2.75. The van der Waals surface area contributed by atoms with Crippen molar-refractivity contribution in [3.05, 3.63) is 76.9 Å². The van der Waals surface area contributed by atoms with Gasteiger partial charge in [0, 0.05) is 0 Å². The molecule has 1 aliphatic carbocycles. The van der Waals surface area contributed by atoms with Gasteiger partial charge in [-0.1, -0.05) is 62.7 Å². The average molecular weight is 359 g/mol. The van der Waals surface area contributed by atoms with Crippen LogP contribution in [0.2, 0.25) is 0 Å². The van der Waals surface area contributed by atoms with Crippen molar-refractivity contribution in [1.82, 2.24) is 0 Å². The van der Waals surface area contributed by atoms with Crippen molar-refractivity contribution in [1.29, 1.82) is 0 Å². The fourth-order valence-electron chi connectivity index (χ4n) is 4.34. The fourth-order valence-corrected chi connectivity index (χ4v) is 4.34. The van der Waals surface area contributed by atoms with E-state index in [9.17, 15) is 0 Å². The first kappa shape index (κ1) is 18.1. The Balaban J connectivity index is 1.53. The van der Waals surface area contributed by atoms with Crippen molar-refractivity contribution >= 4 is 10.8 Å². The van der Waals surface area contributed by atoms with Gasteiger partial charge in [0.25, 0.3) is 0 Å². The maximum absolute atomic E-state index is 5.81. The first-order chi connectivity index (χ1) is 13.3. The number of hydrogen-bond donors (Lipinski definition) is 0. The second kappa shape index (κ2) is 8.17. The second-order valence-electron chi connectivity index (χ2n) is 7.91. The topological polar surface area (TPSA) is 9.23 Å². The molecule has 4 rings (SSSR count).